The molecule has 106 valence electrons. The van der Waals surface area contributed by atoms with E-state index in [-0.39, 0.29) is 0 Å². The lowest BCUT2D eigenvalue weighted by atomic mass is 10.2. The van der Waals surface area contributed by atoms with Crippen LogP contribution in [0.25, 0.3) is 0 Å². The molecule has 0 heterocycles. The molecule has 1 aromatic rings. The fraction of sp³-hybridized carbons (Fsp3) is 0.625. The topological polar surface area (TPSA) is 38.5 Å². The zero-order chi connectivity index (χ0) is 13.7. The number of benzene rings is 1. The second-order valence-corrected chi connectivity index (χ2v) is 5.73. The molecule has 0 bridgehead atoms. The number of hydrogen-bond donors (Lipinski definition) is 1. The SMILES string of the molecule is CC(C)N(CCOc1cccc(CN)c1)CC1CC1. The summed E-state index contributed by atoms with van der Waals surface area (Å²) in [5.74, 6) is 1.86. The molecule has 0 aliphatic heterocycles. The maximum Gasteiger partial charge on any atom is 0.119 e. The molecule has 0 amide bonds. The van der Waals surface area contributed by atoms with E-state index >= 15 is 0 Å². The van der Waals surface area contributed by atoms with E-state index in [9.17, 15) is 0 Å². The highest BCUT2D eigenvalue weighted by molar-refractivity contribution is 5.28. The lowest BCUT2D eigenvalue weighted by Gasteiger charge is -2.26. The summed E-state index contributed by atoms with van der Waals surface area (Å²) in [4.78, 5) is 2.52. The fourth-order valence-electron chi connectivity index (χ4n) is 2.24. The Hall–Kier alpha value is -1.06. The number of nitrogens with zero attached hydrogens (tertiary/aromatic N) is 1. The van der Waals surface area contributed by atoms with Crippen molar-refractivity contribution in [2.45, 2.75) is 39.3 Å². The third-order valence-electron chi connectivity index (χ3n) is 3.70. The number of nitrogens with two attached hydrogens (primary N) is 1. The Balaban J connectivity index is 1.76. The van der Waals surface area contributed by atoms with Gasteiger partial charge >= 0.3 is 0 Å². The largest absolute Gasteiger partial charge is 0.492 e. The minimum Gasteiger partial charge on any atom is -0.492 e. The normalized spacial score (nSPS) is 15.2. The van der Waals surface area contributed by atoms with Crippen LogP contribution in [0, 0.1) is 5.92 Å². The zero-order valence-electron chi connectivity index (χ0n) is 12.1. The maximum atomic E-state index is 5.83. The van der Waals surface area contributed by atoms with Crippen molar-refractivity contribution in [2.24, 2.45) is 11.7 Å². The summed E-state index contributed by atoms with van der Waals surface area (Å²) in [5, 5.41) is 0. The Morgan fingerprint density at radius 1 is 1.37 bits per heavy atom. The predicted octanol–water partition coefficient (Wildman–Crippen LogP) is 2.64. The van der Waals surface area contributed by atoms with Crippen LogP contribution >= 0.6 is 0 Å². The molecule has 3 nitrogen and oxygen atoms in total. The standard InChI is InChI=1S/C16H26N2O/c1-13(2)18(12-14-6-7-14)8-9-19-16-5-3-4-15(10-16)11-17/h3-5,10,13-14H,6-9,11-12,17H2,1-2H3. The Kier molecular flexibility index (Phi) is 5.23. The molecule has 1 aromatic carbocycles. The first-order valence-corrected chi connectivity index (χ1v) is 7.35. The van der Waals surface area contributed by atoms with Crippen molar-refractivity contribution < 1.29 is 4.74 Å². The molecule has 0 unspecified atom stereocenters. The molecule has 0 atom stereocenters. The second-order valence-electron chi connectivity index (χ2n) is 5.73. The Morgan fingerprint density at radius 2 is 2.16 bits per heavy atom. The van der Waals surface area contributed by atoms with E-state index in [0.717, 1.165) is 30.4 Å². The van der Waals surface area contributed by atoms with Crippen LogP contribution in [-0.4, -0.2) is 30.6 Å². The van der Waals surface area contributed by atoms with Crippen LogP contribution < -0.4 is 10.5 Å². The van der Waals surface area contributed by atoms with Crippen molar-refractivity contribution in [1.29, 1.82) is 0 Å². The van der Waals surface area contributed by atoms with Crippen molar-refractivity contribution >= 4 is 0 Å². The third-order valence-corrected chi connectivity index (χ3v) is 3.70. The molecule has 1 aliphatic carbocycles. The quantitative estimate of drug-likeness (QED) is 0.782. The van der Waals surface area contributed by atoms with Crippen molar-refractivity contribution in [1.82, 2.24) is 4.90 Å². The van der Waals surface area contributed by atoms with Crippen molar-refractivity contribution in [2.75, 3.05) is 19.7 Å². The minimum absolute atomic E-state index is 0.566. The van der Waals surface area contributed by atoms with Gasteiger partial charge in [-0.2, -0.15) is 0 Å². The van der Waals surface area contributed by atoms with E-state index in [1.807, 2.05) is 24.3 Å². The summed E-state index contributed by atoms with van der Waals surface area (Å²) in [6.07, 6.45) is 2.81. The van der Waals surface area contributed by atoms with Crippen LogP contribution in [0.15, 0.2) is 24.3 Å². The molecule has 0 spiro atoms. The van der Waals surface area contributed by atoms with E-state index in [4.69, 9.17) is 10.5 Å². The summed E-state index contributed by atoms with van der Waals surface area (Å²) in [5.41, 5.74) is 6.75. The van der Waals surface area contributed by atoms with Crippen LogP contribution in [0.2, 0.25) is 0 Å². The first-order valence-electron chi connectivity index (χ1n) is 7.35. The average molecular weight is 262 g/mol. The third kappa shape index (κ3) is 4.84. The highest BCUT2D eigenvalue weighted by Crippen LogP contribution is 2.30. The average Bonchev–Trinajstić information content (AvgIpc) is 3.21. The van der Waals surface area contributed by atoms with Gasteiger partial charge in [-0.1, -0.05) is 12.1 Å². The zero-order valence-corrected chi connectivity index (χ0v) is 12.1. The van der Waals surface area contributed by atoms with Gasteiger partial charge in [0.25, 0.3) is 0 Å². The molecule has 0 aromatic heterocycles. The van der Waals surface area contributed by atoms with Crippen molar-refractivity contribution in [3.8, 4) is 5.75 Å². The molecule has 1 saturated carbocycles. The van der Waals surface area contributed by atoms with Gasteiger partial charge in [0.1, 0.15) is 12.4 Å². The molecule has 3 heteroatoms. The summed E-state index contributed by atoms with van der Waals surface area (Å²) in [6.45, 7) is 8.07. The van der Waals surface area contributed by atoms with Gasteiger partial charge < -0.3 is 10.5 Å². The fourth-order valence-corrected chi connectivity index (χ4v) is 2.24. The highest BCUT2D eigenvalue weighted by Gasteiger charge is 2.25. The lowest BCUT2D eigenvalue weighted by molar-refractivity contribution is 0.170. The predicted molar refractivity (Wildman–Crippen MR) is 79.3 cm³/mol. The maximum absolute atomic E-state index is 5.83. The van der Waals surface area contributed by atoms with Gasteiger partial charge in [-0.25, -0.2) is 0 Å². The van der Waals surface area contributed by atoms with Gasteiger partial charge in [-0.15, -0.1) is 0 Å². The molecule has 1 fully saturated rings. The highest BCUT2D eigenvalue weighted by atomic mass is 16.5. The van der Waals surface area contributed by atoms with E-state index in [1.165, 1.54) is 19.4 Å². The van der Waals surface area contributed by atoms with Crippen LogP contribution in [0.3, 0.4) is 0 Å². The van der Waals surface area contributed by atoms with Gasteiger partial charge in [0.15, 0.2) is 0 Å². The van der Waals surface area contributed by atoms with Crippen molar-refractivity contribution in [3.63, 3.8) is 0 Å². The van der Waals surface area contributed by atoms with Gasteiger partial charge in [0.2, 0.25) is 0 Å². The van der Waals surface area contributed by atoms with Crippen LogP contribution in [-0.2, 0) is 6.54 Å². The van der Waals surface area contributed by atoms with Crippen LogP contribution in [0.1, 0.15) is 32.3 Å². The van der Waals surface area contributed by atoms with E-state index in [2.05, 4.69) is 18.7 Å². The van der Waals surface area contributed by atoms with Crippen LogP contribution in [0.5, 0.6) is 5.75 Å². The molecule has 0 radical (unpaired) electrons. The number of rotatable bonds is 8. The molecule has 2 N–H and O–H groups in total. The van der Waals surface area contributed by atoms with E-state index in [0.29, 0.717) is 12.6 Å². The van der Waals surface area contributed by atoms with Crippen molar-refractivity contribution in [3.05, 3.63) is 29.8 Å². The van der Waals surface area contributed by atoms with Gasteiger partial charge in [-0.3, -0.25) is 4.90 Å². The summed E-state index contributed by atoms with van der Waals surface area (Å²) >= 11 is 0. The lowest BCUT2D eigenvalue weighted by Crippen LogP contribution is -2.36. The van der Waals surface area contributed by atoms with Crippen LogP contribution in [0.4, 0.5) is 0 Å². The smallest absolute Gasteiger partial charge is 0.119 e. The minimum atomic E-state index is 0.566. The molecule has 2 rings (SSSR count). The molecular weight excluding hydrogens is 236 g/mol. The second kappa shape index (κ2) is 6.92. The molecular formula is C16H26N2O. The van der Waals surface area contributed by atoms with E-state index < -0.39 is 0 Å². The Labute approximate surface area is 116 Å². The number of ether oxygens (including phenoxy) is 1. The van der Waals surface area contributed by atoms with Gasteiger partial charge in [0, 0.05) is 25.7 Å². The summed E-state index contributed by atoms with van der Waals surface area (Å²) < 4.78 is 5.83. The first-order chi connectivity index (χ1) is 9.19. The molecule has 1 aliphatic rings. The Bertz CT molecular complexity index is 388. The number of hydrogen-bond acceptors (Lipinski definition) is 3. The Morgan fingerprint density at radius 3 is 2.79 bits per heavy atom. The van der Waals surface area contributed by atoms with Gasteiger partial charge in [-0.05, 0) is 50.3 Å². The molecule has 0 saturated heterocycles. The first kappa shape index (κ1) is 14.4. The van der Waals surface area contributed by atoms with E-state index in [1.54, 1.807) is 0 Å². The summed E-state index contributed by atoms with van der Waals surface area (Å²) in [7, 11) is 0. The summed E-state index contributed by atoms with van der Waals surface area (Å²) in [6, 6.07) is 8.66. The van der Waals surface area contributed by atoms with Gasteiger partial charge in [0.05, 0.1) is 0 Å². The monoisotopic (exact) mass is 262 g/mol. The molecule has 19 heavy (non-hydrogen) atoms.